The van der Waals surface area contributed by atoms with Gasteiger partial charge in [-0.2, -0.15) is 0 Å². The molecular weight excluding hydrogens is 375 g/mol. The minimum atomic E-state index is -0.516. The molecule has 0 bridgehead atoms. The van der Waals surface area contributed by atoms with Crippen LogP contribution in [0.4, 0.5) is 0 Å². The highest BCUT2D eigenvalue weighted by atomic mass is 16.7. The van der Waals surface area contributed by atoms with E-state index in [1.54, 1.807) is 0 Å². The topological polar surface area (TPSA) is 44.8 Å². The van der Waals surface area contributed by atoms with E-state index in [2.05, 4.69) is 52.8 Å². The van der Waals surface area contributed by atoms with Crippen LogP contribution in [-0.2, 0) is 14.0 Å². The van der Waals surface area contributed by atoms with E-state index in [-0.39, 0.29) is 17.2 Å². The quantitative estimate of drug-likeness (QED) is 0.516. The van der Waals surface area contributed by atoms with Crippen LogP contribution in [0, 0.1) is 13.8 Å². The van der Waals surface area contributed by atoms with E-state index in [4.69, 9.17) is 14.0 Å². The first-order chi connectivity index (χ1) is 13.7. The Labute approximate surface area is 181 Å². The minimum absolute atomic E-state index is 0.307. The van der Waals surface area contributed by atoms with Crippen molar-refractivity contribution in [3.63, 3.8) is 0 Å². The van der Waals surface area contributed by atoms with E-state index in [0.29, 0.717) is 5.56 Å². The summed E-state index contributed by atoms with van der Waals surface area (Å²) >= 11 is 0. The number of aryl methyl sites for hydroxylation is 2. The van der Waals surface area contributed by atoms with Crippen molar-refractivity contribution in [3.05, 3.63) is 53.1 Å². The Morgan fingerprint density at radius 3 is 2.03 bits per heavy atom. The molecule has 3 rings (SSSR count). The van der Waals surface area contributed by atoms with Crippen molar-refractivity contribution in [2.24, 2.45) is 0 Å². The molecule has 1 aliphatic rings. The second-order valence-electron chi connectivity index (χ2n) is 10.2. The summed E-state index contributed by atoms with van der Waals surface area (Å²) in [6, 6.07) is 12.0. The Hall–Kier alpha value is -2.11. The van der Waals surface area contributed by atoms with Crippen LogP contribution in [0.1, 0.15) is 70.0 Å². The summed E-state index contributed by atoms with van der Waals surface area (Å²) in [6.07, 6.45) is 0. The van der Waals surface area contributed by atoms with Crippen LogP contribution in [0.3, 0.4) is 0 Å². The smallest absolute Gasteiger partial charge is 0.456 e. The second kappa shape index (κ2) is 7.54. The van der Waals surface area contributed by atoms with Gasteiger partial charge in [0.1, 0.15) is 5.60 Å². The largest absolute Gasteiger partial charge is 0.495 e. The van der Waals surface area contributed by atoms with Gasteiger partial charge in [0.15, 0.2) is 0 Å². The zero-order valence-electron chi connectivity index (χ0n) is 19.7. The van der Waals surface area contributed by atoms with Crippen molar-refractivity contribution in [3.8, 4) is 11.1 Å². The summed E-state index contributed by atoms with van der Waals surface area (Å²) < 4.78 is 18.0. The molecule has 0 saturated carbocycles. The van der Waals surface area contributed by atoms with Gasteiger partial charge in [0.2, 0.25) is 0 Å². The molecule has 2 aromatic rings. The number of carbonyl (C=O) groups excluding carboxylic acids is 1. The predicted molar refractivity (Wildman–Crippen MR) is 122 cm³/mol. The fraction of sp³-hybridized carbons (Fsp3) is 0.480. The first-order valence-electron chi connectivity index (χ1n) is 10.5. The molecule has 1 fully saturated rings. The lowest BCUT2D eigenvalue weighted by Crippen LogP contribution is -2.41. The third-order valence-corrected chi connectivity index (χ3v) is 5.96. The van der Waals surface area contributed by atoms with Crippen molar-refractivity contribution < 1.29 is 18.8 Å². The van der Waals surface area contributed by atoms with Gasteiger partial charge in [0.05, 0.1) is 16.8 Å². The maximum atomic E-state index is 12.4. The van der Waals surface area contributed by atoms with E-state index >= 15 is 0 Å². The summed E-state index contributed by atoms with van der Waals surface area (Å²) in [5.41, 5.74) is 4.58. The van der Waals surface area contributed by atoms with Crippen LogP contribution in [0.25, 0.3) is 11.1 Å². The molecule has 0 atom stereocenters. The van der Waals surface area contributed by atoms with Crippen LogP contribution in [0.5, 0.6) is 0 Å². The molecule has 1 saturated heterocycles. The number of ether oxygens (including phenoxy) is 1. The van der Waals surface area contributed by atoms with Gasteiger partial charge >= 0.3 is 13.1 Å². The Morgan fingerprint density at radius 1 is 0.900 bits per heavy atom. The van der Waals surface area contributed by atoms with Gasteiger partial charge in [-0.25, -0.2) is 4.79 Å². The summed E-state index contributed by atoms with van der Waals surface area (Å²) in [4.78, 5) is 12.4. The van der Waals surface area contributed by atoms with Crippen molar-refractivity contribution in [2.45, 2.75) is 79.1 Å². The molecule has 0 amide bonds. The van der Waals surface area contributed by atoms with Gasteiger partial charge in [-0.3, -0.25) is 0 Å². The fourth-order valence-electron chi connectivity index (χ4n) is 3.48. The lowest BCUT2D eigenvalue weighted by molar-refractivity contribution is 0.00578. The summed E-state index contributed by atoms with van der Waals surface area (Å²) in [7, 11) is -0.406. The van der Waals surface area contributed by atoms with E-state index in [1.165, 1.54) is 0 Å². The molecule has 0 N–H and O–H groups in total. The monoisotopic (exact) mass is 408 g/mol. The van der Waals surface area contributed by atoms with Gasteiger partial charge in [-0.15, -0.1) is 0 Å². The molecule has 0 aromatic heterocycles. The Kier molecular flexibility index (Phi) is 5.68. The molecule has 160 valence electrons. The van der Waals surface area contributed by atoms with E-state index < -0.39 is 12.7 Å². The lowest BCUT2D eigenvalue weighted by atomic mass is 9.75. The first kappa shape index (κ1) is 22.6. The number of rotatable bonds is 3. The highest BCUT2D eigenvalue weighted by Gasteiger charge is 2.52. The Morgan fingerprint density at radius 2 is 1.50 bits per heavy atom. The van der Waals surface area contributed by atoms with E-state index in [1.807, 2.05) is 45.9 Å². The molecule has 30 heavy (non-hydrogen) atoms. The average Bonchev–Trinajstić information content (AvgIpc) is 2.81. The van der Waals surface area contributed by atoms with Gasteiger partial charge in [-0.1, -0.05) is 29.8 Å². The number of esters is 1. The Bertz CT molecular complexity index is 954. The highest BCUT2D eigenvalue weighted by Crippen LogP contribution is 2.37. The first-order valence-corrected chi connectivity index (χ1v) is 10.5. The number of benzene rings is 2. The average molecular weight is 408 g/mol. The third-order valence-electron chi connectivity index (χ3n) is 5.96. The fourth-order valence-corrected chi connectivity index (χ4v) is 3.48. The van der Waals surface area contributed by atoms with E-state index in [0.717, 1.165) is 27.7 Å². The number of carbonyl (C=O) groups is 1. The highest BCUT2D eigenvalue weighted by molar-refractivity contribution is 6.62. The van der Waals surface area contributed by atoms with Crippen molar-refractivity contribution in [1.82, 2.24) is 0 Å². The third kappa shape index (κ3) is 4.47. The summed E-state index contributed by atoms with van der Waals surface area (Å²) in [5.74, 6) is -0.307. The van der Waals surface area contributed by atoms with Gasteiger partial charge in [-0.05, 0) is 96.6 Å². The zero-order valence-corrected chi connectivity index (χ0v) is 19.7. The van der Waals surface area contributed by atoms with Crippen LogP contribution in [-0.4, -0.2) is 29.9 Å². The summed E-state index contributed by atoms with van der Waals surface area (Å²) in [5, 5.41) is 0. The Balaban J connectivity index is 1.93. The minimum Gasteiger partial charge on any atom is -0.456 e. The molecule has 0 radical (unpaired) electrons. The van der Waals surface area contributed by atoms with Gasteiger partial charge < -0.3 is 14.0 Å². The molecule has 4 nitrogen and oxygen atoms in total. The predicted octanol–water partition coefficient (Wildman–Crippen LogP) is 5.22. The number of hydrogen-bond donors (Lipinski definition) is 0. The molecule has 2 aromatic carbocycles. The normalized spacial score (nSPS) is 17.8. The summed E-state index contributed by atoms with van der Waals surface area (Å²) in [6.45, 7) is 17.9. The van der Waals surface area contributed by atoms with Crippen LogP contribution >= 0.6 is 0 Å². The van der Waals surface area contributed by atoms with Crippen molar-refractivity contribution >= 4 is 18.6 Å². The molecule has 0 spiro atoms. The second-order valence-corrected chi connectivity index (χ2v) is 10.2. The SMILES string of the molecule is Cc1ccc(-c2ccc(C(=O)OC(C)(C)C)cc2C)cc1B1OC(C)(C)C(C)(C)O1. The maximum absolute atomic E-state index is 12.4. The zero-order chi connectivity index (χ0) is 22.5. The van der Waals surface area contributed by atoms with E-state index in [9.17, 15) is 4.79 Å². The standard InChI is InChI=1S/C25H33BO4/c1-16-10-11-18(15-21(16)26-29-24(6,7)25(8,9)30-26)20-13-12-19(14-17(20)2)22(27)28-23(3,4)5/h10-15H,1-9H3. The number of hydrogen-bond acceptors (Lipinski definition) is 4. The molecule has 1 heterocycles. The van der Waals surface area contributed by atoms with Gasteiger partial charge in [0.25, 0.3) is 0 Å². The van der Waals surface area contributed by atoms with Crippen molar-refractivity contribution in [1.29, 1.82) is 0 Å². The van der Waals surface area contributed by atoms with Crippen LogP contribution in [0.15, 0.2) is 36.4 Å². The molecule has 5 heteroatoms. The molecule has 0 unspecified atom stereocenters. The molecule has 1 aliphatic heterocycles. The maximum Gasteiger partial charge on any atom is 0.495 e. The van der Waals surface area contributed by atoms with Gasteiger partial charge in [0, 0.05) is 0 Å². The van der Waals surface area contributed by atoms with Crippen LogP contribution in [0.2, 0.25) is 0 Å². The van der Waals surface area contributed by atoms with Crippen molar-refractivity contribution in [2.75, 3.05) is 0 Å². The lowest BCUT2D eigenvalue weighted by Gasteiger charge is -2.32. The molecular formula is C25H33BO4. The molecule has 0 aliphatic carbocycles. The van der Waals surface area contributed by atoms with Crippen LogP contribution < -0.4 is 5.46 Å².